The third-order valence-corrected chi connectivity index (χ3v) is 3.91. The molecule has 0 radical (unpaired) electrons. The number of morpholine rings is 1. The zero-order valence-corrected chi connectivity index (χ0v) is 13.3. The number of carbonyl (C=O) groups is 1. The van der Waals surface area contributed by atoms with Crippen molar-refractivity contribution in [1.29, 1.82) is 0 Å². The van der Waals surface area contributed by atoms with Crippen molar-refractivity contribution in [2.45, 2.75) is 6.04 Å². The summed E-state index contributed by atoms with van der Waals surface area (Å²) in [6.45, 7) is 0.482. The molecule has 25 heavy (non-hydrogen) atoms. The summed E-state index contributed by atoms with van der Waals surface area (Å²) in [5.41, 5.74) is 1.78. The lowest BCUT2D eigenvalue weighted by Gasteiger charge is -2.25. The molecule has 0 spiro atoms. The molecule has 1 saturated heterocycles. The van der Waals surface area contributed by atoms with E-state index in [-0.39, 0.29) is 18.6 Å². The number of benzene rings is 1. The van der Waals surface area contributed by atoms with E-state index in [1.807, 2.05) is 35.0 Å². The van der Waals surface area contributed by atoms with Gasteiger partial charge in [0.15, 0.2) is 0 Å². The minimum absolute atomic E-state index is 0.0860. The molecule has 1 N–H and O–H groups in total. The molecule has 1 atom stereocenters. The normalized spacial score (nSPS) is 17.1. The highest BCUT2D eigenvalue weighted by molar-refractivity contribution is 5.78. The Morgan fingerprint density at radius 1 is 1.16 bits per heavy atom. The fourth-order valence-electron chi connectivity index (χ4n) is 2.69. The average molecular weight is 336 g/mol. The van der Waals surface area contributed by atoms with Gasteiger partial charge in [-0.25, -0.2) is 4.98 Å². The molecule has 3 aromatic rings. The van der Waals surface area contributed by atoms with Crippen molar-refractivity contribution < 1.29 is 14.3 Å². The van der Waals surface area contributed by atoms with Crippen LogP contribution in [0.3, 0.4) is 0 Å². The summed E-state index contributed by atoms with van der Waals surface area (Å²) in [5.74, 6) is 1.19. The lowest BCUT2D eigenvalue weighted by atomic mass is 10.1. The Kier molecular flexibility index (Phi) is 4.14. The van der Waals surface area contributed by atoms with Gasteiger partial charge < -0.3 is 19.4 Å². The van der Waals surface area contributed by atoms with Gasteiger partial charge in [0.2, 0.25) is 5.91 Å². The first-order chi connectivity index (χ1) is 12.3. The second-order valence-corrected chi connectivity index (χ2v) is 5.61. The molecule has 1 aromatic carbocycles. The second kappa shape index (κ2) is 6.74. The second-order valence-electron chi connectivity index (χ2n) is 5.61. The fourth-order valence-corrected chi connectivity index (χ4v) is 2.69. The van der Waals surface area contributed by atoms with E-state index in [2.05, 4.69) is 15.3 Å². The van der Waals surface area contributed by atoms with E-state index in [0.29, 0.717) is 18.1 Å². The Labute approximate surface area is 144 Å². The monoisotopic (exact) mass is 336 g/mol. The summed E-state index contributed by atoms with van der Waals surface area (Å²) in [6.07, 6.45) is 8.69. The van der Waals surface area contributed by atoms with Gasteiger partial charge in [0.05, 0.1) is 19.0 Å². The lowest BCUT2D eigenvalue weighted by molar-refractivity contribution is -0.131. The van der Waals surface area contributed by atoms with Crippen molar-refractivity contribution >= 4 is 5.91 Å². The van der Waals surface area contributed by atoms with Gasteiger partial charge in [-0.1, -0.05) is 0 Å². The molecular weight excluding hydrogens is 320 g/mol. The Hall–Kier alpha value is -3.19. The molecule has 7 nitrogen and oxygen atoms in total. The highest BCUT2D eigenvalue weighted by Crippen LogP contribution is 2.30. The molecule has 0 aliphatic carbocycles. The number of rotatable bonds is 4. The molecule has 4 rings (SSSR count). The standard InChI is InChI=1S/C18H16N4O3/c23-18-11-24-10-16(21-18)15-9-19-6-5-17(15)25-14-3-1-13(2-4-14)22-8-7-20-12-22/h1-9,12,16H,10-11H2,(H,21,23). The van der Waals surface area contributed by atoms with E-state index >= 15 is 0 Å². The van der Waals surface area contributed by atoms with Crippen LogP contribution in [0.2, 0.25) is 0 Å². The van der Waals surface area contributed by atoms with Crippen LogP contribution in [0.1, 0.15) is 11.6 Å². The molecular formula is C18H16N4O3. The lowest BCUT2D eigenvalue weighted by Crippen LogP contribution is -2.39. The van der Waals surface area contributed by atoms with Crippen LogP contribution in [-0.4, -0.2) is 33.7 Å². The third-order valence-electron chi connectivity index (χ3n) is 3.91. The van der Waals surface area contributed by atoms with Crippen molar-refractivity contribution in [3.63, 3.8) is 0 Å². The molecule has 3 heterocycles. The number of hydrogen-bond acceptors (Lipinski definition) is 5. The first kappa shape index (κ1) is 15.3. The molecule has 1 aliphatic rings. The van der Waals surface area contributed by atoms with Gasteiger partial charge in [-0.2, -0.15) is 0 Å². The molecule has 1 fully saturated rings. The molecule has 1 amide bonds. The SMILES string of the molecule is O=C1COCC(c2cnccc2Oc2ccc(-n3ccnc3)cc2)N1. The van der Waals surface area contributed by atoms with Crippen LogP contribution in [0, 0.1) is 0 Å². The minimum atomic E-state index is -0.268. The van der Waals surface area contributed by atoms with Gasteiger partial charge in [-0.3, -0.25) is 9.78 Å². The smallest absolute Gasteiger partial charge is 0.246 e. The zero-order chi connectivity index (χ0) is 17.1. The number of carbonyl (C=O) groups excluding carboxylic acids is 1. The van der Waals surface area contributed by atoms with Crippen LogP contribution in [-0.2, 0) is 9.53 Å². The summed E-state index contributed by atoms with van der Waals surface area (Å²) in [5, 5.41) is 2.89. The number of nitrogens with one attached hydrogen (secondary N) is 1. The van der Waals surface area contributed by atoms with E-state index < -0.39 is 0 Å². The topological polar surface area (TPSA) is 78.3 Å². The predicted molar refractivity (Wildman–Crippen MR) is 89.6 cm³/mol. The van der Waals surface area contributed by atoms with Crippen LogP contribution >= 0.6 is 0 Å². The van der Waals surface area contributed by atoms with E-state index in [1.54, 1.807) is 31.0 Å². The molecule has 1 unspecified atom stereocenters. The summed E-state index contributed by atoms with van der Waals surface area (Å²) in [6, 6.07) is 9.17. The highest BCUT2D eigenvalue weighted by atomic mass is 16.5. The number of ether oxygens (including phenoxy) is 2. The van der Waals surface area contributed by atoms with Crippen LogP contribution in [0.15, 0.2) is 61.4 Å². The van der Waals surface area contributed by atoms with E-state index in [4.69, 9.17) is 9.47 Å². The number of imidazole rings is 1. The first-order valence-corrected chi connectivity index (χ1v) is 7.87. The number of hydrogen-bond donors (Lipinski definition) is 1. The molecule has 1 aliphatic heterocycles. The van der Waals surface area contributed by atoms with Gasteiger partial charge >= 0.3 is 0 Å². The van der Waals surface area contributed by atoms with Crippen LogP contribution in [0.25, 0.3) is 5.69 Å². The highest BCUT2D eigenvalue weighted by Gasteiger charge is 2.23. The van der Waals surface area contributed by atoms with Crippen LogP contribution in [0.5, 0.6) is 11.5 Å². The quantitative estimate of drug-likeness (QED) is 0.790. The van der Waals surface area contributed by atoms with Crippen LogP contribution < -0.4 is 10.1 Å². The Morgan fingerprint density at radius 2 is 2.04 bits per heavy atom. The van der Waals surface area contributed by atoms with E-state index in [1.165, 1.54) is 0 Å². The Balaban J connectivity index is 1.55. The Bertz CT molecular complexity index is 862. The van der Waals surface area contributed by atoms with Gasteiger partial charge in [-0.15, -0.1) is 0 Å². The zero-order valence-electron chi connectivity index (χ0n) is 13.3. The first-order valence-electron chi connectivity index (χ1n) is 7.87. The number of pyridine rings is 1. The third kappa shape index (κ3) is 3.36. The molecule has 0 saturated carbocycles. The maximum atomic E-state index is 11.6. The van der Waals surface area contributed by atoms with Crippen molar-refractivity contribution in [2.75, 3.05) is 13.2 Å². The van der Waals surface area contributed by atoms with Gasteiger partial charge in [-0.05, 0) is 30.3 Å². The number of nitrogens with zero attached hydrogens (tertiary/aromatic N) is 3. The van der Waals surface area contributed by atoms with Crippen molar-refractivity contribution in [3.8, 4) is 17.2 Å². The predicted octanol–water partition coefficient (Wildman–Crippen LogP) is 2.25. The average Bonchev–Trinajstić information content (AvgIpc) is 3.18. The van der Waals surface area contributed by atoms with Gasteiger partial charge in [0, 0.05) is 36.0 Å². The summed E-state index contributed by atoms with van der Waals surface area (Å²) < 4.78 is 13.2. The van der Waals surface area contributed by atoms with Gasteiger partial charge in [0.25, 0.3) is 0 Å². The van der Waals surface area contributed by atoms with Crippen molar-refractivity contribution in [3.05, 3.63) is 67.0 Å². The van der Waals surface area contributed by atoms with E-state index in [9.17, 15) is 4.79 Å². The number of aromatic nitrogens is 3. The van der Waals surface area contributed by atoms with Crippen molar-refractivity contribution in [2.24, 2.45) is 0 Å². The summed E-state index contributed by atoms with van der Waals surface area (Å²) in [4.78, 5) is 19.7. The largest absolute Gasteiger partial charge is 0.457 e. The Morgan fingerprint density at radius 3 is 2.80 bits per heavy atom. The molecule has 0 bridgehead atoms. The molecule has 126 valence electrons. The summed E-state index contributed by atoms with van der Waals surface area (Å²) >= 11 is 0. The maximum Gasteiger partial charge on any atom is 0.246 e. The maximum absolute atomic E-state index is 11.6. The summed E-state index contributed by atoms with van der Waals surface area (Å²) in [7, 11) is 0. The van der Waals surface area contributed by atoms with E-state index in [0.717, 1.165) is 11.3 Å². The number of amides is 1. The van der Waals surface area contributed by atoms with Crippen molar-refractivity contribution in [1.82, 2.24) is 19.9 Å². The minimum Gasteiger partial charge on any atom is -0.457 e. The molecule has 2 aromatic heterocycles. The fraction of sp³-hybridized carbons (Fsp3) is 0.167. The molecule has 7 heteroatoms. The van der Waals surface area contributed by atoms with Gasteiger partial charge in [0.1, 0.15) is 18.1 Å². The van der Waals surface area contributed by atoms with Crippen LogP contribution in [0.4, 0.5) is 0 Å².